The molecule has 0 unspecified atom stereocenters. The number of carbonyl (C=O) groups is 1. The summed E-state index contributed by atoms with van der Waals surface area (Å²) >= 11 is 3.44. The highest BCUT2D eigenvalue weighted by molar-refractivity contribution is 9.10. The van der Waals surface area contributed by atoms with Crippen molar-refractivity contribution >= 4 is 27.6 Å². The van der Waals surface area contributed by atoms with E-state index in [0.717, 1.165) is 35.0 Å². The molecule has 0 aromatic heterocycles. The van der Waals surface area contributed by atoms with E-state index in [9.17, 15) is 9.90 Å². The predicted molar refractivity (Wildman–Crippen MR) is 79.2 cm³/mol. The molecule has 19 heavy (non-hydrogen) atoms. The first kappa shape index (κ1) is 14.3. The van der Waals surface area contributed by atoms with Crippen molar-refractivity contribution in [1.82, 2.24) is 5.32 Å². The molecule has 0 spiro atoms. The lowest BCUT2D eigenvalue weighted by Crippen LogP contribution is -2.41. The summed E-state index contributed by atoms with van der Waals surface area (Å²) < 4.78 is 0.972. The molecule has 0 radical (unpaired) electrons. The fraction of sp³-hybridized carbons (Fsp3) is 0.500. The van der Waals surface area contributed by atoms with Crippen molar-refractivity contribution < 1.29 is 9.90 Å². The Labute approximate surface area is 121 Å². The van der Waals surface area contributed by atoms with Gasteiger partial charge in [0.25, 0.3) is 0 Å². The van der Waals surface area contributed by atoms with Gasteiger partial charge in [-0.15, -0.1) is 0 Å². The lowest BCUT2D eigenvalue weighted by Gasteiger charge is -2.19. The number of hydrogen-bond donors (Lipinski definition) is 3. The molecule has 1 aliphatic rings. The minimum atomic E-state index is -0.202. The molecule has 2 amide bonds. The van der Waals surface area contributed by atoms with Crippen molar-refractivity contribution in [3.8, 4) is 0 Å². The maximum absolute atomic E-state index is 12.0. The number of urea groups is 1. The molecule has 1 fully saturated rings. The number of carbonyl (C=O) groups excluding carboxylic acids is 1. The molecule has 0 bridgehead atoms. The smallest absolute Gasteiger partial charge is 0.319 e. The van der Waals surface area contributed by atoms with Gasteiger partial charge in [-0.25, -0.2) is 4.79 Å². The Bertz CT molecular complexity index is 465. The van der Waals surface area contributed by atoms with Crippen molar-refractivity contribution in [3.63, 3.8) is 0 Å². The summed E-state index contributed by atoms with van der Waals surface area (Å²) in [5.41, 5.74) is 1.80. The number of halogens is 1. The van der Waals surface area contributed by atoms with Crippen LogP contribution in [-0.2, 0) is 0 Å². The predicted octanol–water partition coefficient (Wildman–Crippen LogP) is 3.04. The maximum atomic E-state index is 12.0. The van der Waals surface area contributed by atoms with E-state index in [-0.39, 0.29) is 24.6 Å². The zero-order valence-electron chi connectivity index (χ0n) is 10.9. The molecule has 0 heterocycles. The van der Waals surface area contributed by atoms with Gasteiger partial charge >= 0.3 is 6.03 Å². The molecule has 0 saturated heterocycles. The summed E-state index contributed by atoms with van der Waals surface area (Å²) in [4.78, 5) is 12.0. The molecule has 1 aromatic rings. The van der Waals surface area contributed by atoms with E-state index in [1.807, 2.05) is 25.1 Å². The highest BCUT2D eigenvalue weighted by atomic mass is 79.9. The van der Waals surface area contributed by atoms with Crippen molar-refractivity contribution in [3.05, 3.63) is 28.2 Å². The first-order valence-electron chi connectivity index (χ1n) is 6.55. The van der Waals surface area contributed by atoms with Crippen LogP contribution in [0.15, 0.2) is 22.7 Å². The Morgan fingerprint density at radius 3 is 3.00 bits per heavy atom. The lowest BCUT2D eigenvalue weighted by atomic mass is 10.1. The van der Waals surface area contributed by atoms with E-state index in [4.69, 9.17) is 0 Å². The van der Waals surface area contributed by atoms with E-state index in [1.54, 1.807) is 0 Å². The molecular weight excluding hydrogens is 308 g/mol. The van der Waals surface area contributed by atoms with Crippen LogP contribution in [0.2, 0.25) is 0 Å². The maximum Gasteiger partial charge on any atom is 0.319 e. The third kappa shape index (κ3) is 3.48. The second kappa shape index (κ2) is 6.39. The van der Waals surface area contributed by atoms with Gasteiger partial charge in [-0.3, -0.25) is 0 Å². The van der Waals surface area contributed by atoms with Gasteiger partial charge in [0, 0.05) is 28.7 Å². The molecule has 1 aliphatic carbocycles. The number of hydrogen-bond acceptors (Lipinski definition) is 2. The minimum absolute atomic E-state index is 0.0810. The van der Waals surface area contributed by atoms with Crippen LogP contribution < -0.4 is 10.6 Å². The zero-order valence-corrected chi connectivity index (χ0v) is 12.5. The average Bonchev–Trinajstić information content (AvgIpc) is 2.82. The van der Waals surface area contributed by atoms with Gasteiger partial charge in [-0.05, 0) is 37.5 Å². The summed E-state index contributed by atoms with van der Waals surface area (Å²) in [5.74, 6) is 0.189. The Hall–Kier alpha value is -1.07. The number of nitrogens with one attached hydrogen (secondary N) is 2. The number of amides is 2. The van der Waals surface area contributed by atoms with Crippen LogP contribution in [0.3, 0.4) is 0 Å². The molecule has 5 heteroatoms. The van der Waals surface area contributed by atoms with E-state index < -0.39 is 0 Å². The third-order valence-electron chi connectivity index (χ3n) is 3.73. The lowest BCUT2D eigenvalue weighted by molar-refractivity contribution is 0.203. The fourth-order valence-corrected chi connectivity index (χ4v) is 2.88. The van der Waals surface area contributed by atoms with E-state index in [0.29, 0.717) is 0 Å². The second-order valence-electron chi connectivity index (χ2n) is 4.99. The Balaban J connectivity index is 1.96. The Kier molecular flexibility index (Phi) is 4.82. The van der Waals surface area contributed by atoms with Crippen LogP contribution in [-0.4, -0.2) is 23.8 Å². The normalized spacial score (nSPS) is 22.3. The number of benzene rings is 1. The van der Waals surface area contributed by atoms with E-state index >= 15 is 0 Å². The molecule has 1 saturated carbocycles. The highest BCUT2D eigenvalue weighted by Gasteiger charge is 2.27. The summed E-state index contributed by atoms with van der Waals surface area (Å²) in [6.45, 7) is 2.09. The van der Waals surface area contributed by atoms with Crippen molar-refractivity contribution in [2.75, 3.05) is 11.9 Å². The summed E-state index contributed by atoms with van der Waals surface area (Å²) in [6.07, 6.45) is 2.99. The van der Waals surface area contributed by atoms with Gasteiger partial charge in [0.2, 0.25) is 0 Å². The van der Waals surface area contributed by atoms with E-state index in [1.165, 1.54) is 0 Å². The van der Waals surface area contributed by atoms with Crippen molar-refractivity contribution in [1.29, 1.82) is 0 Å². The summed E-state index contributed by atoms with van der Waals surface area (Å²) in [5, 5.41) is 15.1. The third-order valence-corrected chi connectivity index (χ3v) is 4.59. The van der Waals surface area contributed by atoms with Crippen molar-refractivity contribution in [2.45, 2.75) is 32.2 Å². The van der Waals surface area contributed by atoms with Crippen molar-refractivity contribution in [2.24, 2.45) is 5.92 Å². The minimum Gasteiger partial charge on any atom is -0.396 e. The van der Waals surface area contributed by atoms with Crippen LogP contribution in [0, 0.1) is 12.8 Å². The first-order chi connectivity index (χ1) is 9.11. The number of rotatable bonds is 3. The zero-order chi connectivity index (χ0) is 13.8. The van der Waals surface area contributed by atoms with Gasteiger partial charge < -0.3 is 15.7 Å². The molecule has 0 aliphatic heterocycles. The quantitative estimate of drug-likeness (QED) is 0.799. The van der Waals surface area contributed by atoms with Gasteiger partial charge in [0.1, 0.15) is 0 Å². The SMILES string of the molecule is Cc1c(Br)cccc1NC(=O)N[C@H]1CCC[C@@H]1CO. The van der Waals surface area contributed by atoms with Gasteiger partial charge in [0.05, 0.1) is 0 Å². The second-order valence-corrected chi connectivity index (χ2v) is 5.85. The number of aliphatic hydroxyl groups is 1. The summed E-state index contributed by atoms with van der Waals surface area (Å²) in [7, 11) is 0. The molecule has 3 N–H and O–H groups in total. The topological polar surface area (TPSA) is 61.4 Å². The Morgan fingerprint density at radius 2 is 2.26 bits per heavy atom. The largest absolute Gasteiger partial charge is 0.396 e. The monoisotopic (exact) mass is 326 g/mol. The van der Waals surface area contributed by atoms with Crippen LogP contribution in [0.4, 0.5) is 10.5 Å². The number of aliphatic hydroxyl groups excluding tert-OH is 1. The molecule has 104 valence electrons. The van der Waals surface area contributed by atoms with Gasteiger partial charge in [-0.1, -0.05) is 28.4 Å². The highest BCUT2D eigenvalue weighted by Crippen LogP contribution is 2.26. The molecule has 2 rings (SSSR count). The van der Waals surface area contributed by atoms with Crippen LogP contribution in [0.25, 0.3) is 0 Å². The standard InChI is InChI=1S/C14H19BrN2O2/c1-9-11(15)5-3-6-12(9)16-14(19)17-13-7-2-4-10(13)8-18/h3,5-6,10,13,18H,2,4,7-8H2,1H3,(H2,16,17,19)/t10-,13+/m1/s1. The van der Waals surface area contributed by atoms with Crippen LogP contribution >= 0.6 is 15.9 Å². The molecular formula is C14H19BrN2O2. The average molecular weight is 327 g/mol. The van der Waals surface area contributed by atoms with Gasteiger partial charge in [0.15, 0.2) is 0 Å². The Morgan fingerprint density at radius 1 is 1.47 bits per heavy atom. The van der Waals surface area contributed by atoms with E-state index in [2.05, 4.69) is 26.6 Å². The van der Waals surface area contributed by atoms with Crippen LogP contribution in [0.5, 0.6) is 0 Å². The van der Waals surface area contributed by atoms with Crippen LogP contribution in [0.1, 0.15) is 24.8 Å². The first-order valence-corrected chi connectivity index (χ1v) is 7.34. The summed E-state index contributed by atoms with van der Waals surface area (Å²) in [6, 6.07) is 5.58. The molecule has 4 nitrogen and oxygen atoms in total. The molecule has 1 aromatic carbocycles. The number of anilines is 1. The van der Waals surface area contributed by atoms with Gasteiger partial charge in [-0.2, -0.15) is 0 Å². The fourth-order valence-electron chi connectivity index (χ4n) is 2.52. The molecule has 2 atom stereocenters.